The molecule has 0 aliphatic carbocycles. The molecule has 160 valence electrons. The minimum atomic E-state index is -3.36. The zero-order valence-electron chi connectivity index (χ0n) is 17.3. The summed E-state index contributed by atoms with van der Waals surface area (Å²) in [6.45, 7) is 6.47. The van der Waals surface area contributed by atoms with Gasteiger partial charge in [0.2, 0.25) is 10.0 Å². The van der Waals surface area contributed by atoms with Crippen LogP contribution in [0.3, 0.4) is 0 Å². The number of hydrogen-bond acceptors (Lipinski definition) is 7. The quantitative estimate of drug-likeness (QED) is 0.447. The van der Waals surface area contributed by atoms with Crippen molar-refractivity contribution in [1.29, 1.82) is 0 Å². The van der Waals surface area contributed by atoms with Crippen LogP contribution in [0.1, 0.15) is 56.2 Å². The van der Waals surface area contributed by atoms with Gasteiger partial charge in [0, 0.05) is 24.4 Å². The van der Waals surface area contributed by atoms with Crippen LogP contribution in [0.25, 0.3) is 5.78 Å². The summed E-state index contributed by atoms with van der Waals surface area (Å²) in [5.74, 6) is 0.857. The highest BCUT2D eigenvalue weighted by Crippen LogP contribution is 2.22. The SMILES string of the molecule is CCCC[C@@H](C(=O)OCCCc1nc2nc(C)cc(C)n2n1)N1CCCS1(=O)=O. The number of fused-ring (bicyclic) bond motifs is 1. The van der Waals surface area contributed by atoms with E-state index < -0.39 is 22.0 Å². The smallest absolute Gasteiger partial charge is 0.324 e. The maximum atomic E-state index is 12.6. The number of hydrogen-bond donors (Lipinski definition) is 0. The molecule has 0 unspecified atom stereocenters. The van der Waals surface area contributed by atoms with Gasteiger partial charge in [-0.3, -0.25) is 4.79 Å². The number of nitrogens with zero attached hydrogens (tertiary/aromatic N) is 5. The fourth-order valence-corrected chi connectivity index (χ4v) is 5.31. The van der Waals surface area contributed by atoms with Gasteiger partial charge in [0.15, 0.2) is 5.82 Å². The van der Waals surface area contributed by atoms with Crippen LogP contribution in [0, 0.1) is 13.8 Å². The molecule has 3 rings (SSSR count). The summed E-state index contributed by atoms with van der Waals surface area (Å²) in [5.41, 5.74) is 1.85. The Morgan fingerprint density at radius 1 is 1.28 bits per heavy atom. The zero-order chi connectivity index (χ0) is 21.0. The summed E-state index contributed by atoms with van der Waals surface area (Å²) in [5, 5.41) is 4.44. The van der Waals surface area contributed by atoms with Gasteiger partial charge < -0.3 is 4.74 Å². The fraction of sp³-hybridized carbons (Fsp3) is 0.684. The molecule has 1 aliphatic heterocycles. The third kappa shape index (κ3) is 5.11. The van der Waals surface area contributed by atoms with Crippen LogP contribution in [-0.2, 0) is 26.0 Å². The average molecular weight is 424 g/mol. The van der Waals surface area contributed by atoms with Crippen LogP contribution < -0.4 is 0 Å². The number of rotatable bonds is 9. The Morgan fingerprint density at radius 3 is 2.76 bits per heavy atom. The highest BCUT2D eigenvalue weighted by molar-refractivity contribution is 7.89. The van der Waals surface area contributed by atoms with Gasteiger partial charge in [-0.05, 0) is 39.2 Å². The first-order valence-electron chi connectivity index (χ1n) is 10.2. The summed E-state index contributed by atoms with van der Waals surface area (Å²) >= 11 is 0. The van der Waals surface area contributed by atoms with Crippen molar-refractivity contribution in [1.82, 2.24) is 23.9 Å². The summed E-state index contributed by atoms with van der Waals surface area (Å²) in [4.78, 5) is 21.4. The van der Waals surface area contributed by atoms with E-state index in [1.165, 1.54) is 4.31 Å². The number of aryl methyl sites for hydroxylation is 3. The molecule has 1 atom stereocenters. The van der Waals surface area contributed by atoms with Gasteiger partial charge in [0.1, 0.15) is 6.04 Å². The second-order valence-corrected chi connectivity index (χ2v) is 9.53. The van der Waals surface area contributed by atoms with E-state index >= 15 is 0 Å². The van der Waals surface area contributed by atoms with Crippen molar-refractivity contribution in [2.75, 3.05) is 18.9 Å². The largest absolute Gasteiger partial charge is 0.464 e. The predicted octanol–water partition coefficient (Wildman–Crippen LogP) is 1.81. The monoisotopic (exact) mass is 423 g/mol. The van der Waals surface area contributed by atoms with Gasteiger partial charge in [-0.1, -0.05) is 19.8 Å². The normalized spacial score (nSPS) is 17.6. The highest BCUT2D eigenvalue weighted by atomic mass is 32.2. The first kappa shape index (κ1) is 21.6. The molecule has 3 heterocycles. The Labute approximate surface area is 171 Å². The minimum Gasteiger partial charge on any atom is -0.464 e. The molecular weight excluding hydrogens is 394 g/mol. The van der Waals surface area contributed by atoms with Crippen molar-refractivity contribution < 1.29 is 17.9 Å². The van der Waals surface area contributed by atoms with E-state index in [0.717, 1.165) is 24.2 Å². The Hall–Kier alpha value is -2.07. The molecule has 1 fully saturated rings. The molecule has 0 saturated carbocycles. The molecule has 2 aromatic rings. The van der Waals surface area contributed by atoms with Crippen LogP contribution in [-0.4, -0.2) is 63.2 Å². The molecule has 0 amide bonds. The fourth-order valence-electron chi connectivity index (χ4n) is 3.60. The first-order chi connectivity index (χ1) is 13.8. The number of ether oxygens (including phenoxy) is 1. The number of aromatic nitrogens is 4. The van der Waals surface area contributed by atoms with Gasteiger partial charge in [-0.2, -0.15) is 9.29 Å². The average Bonchev–Trinajstić information content (AvgIpc) is 3.22. The maximum absolute atomic E-state index is 12.6. The Morgan fingerprint density at radius 2 is 2.07 bits per heavy atom. The Balaban J connectivity index is 1.55. The summed E-state index contributed by atoms with van der Waals surface area (Å²) < 4.78 is 32.9. The van der Waals surface area contributed by atoms with Gasteiger partial charge in [-0.25, -0.2) is 17.9 Å². The van der Waals surface area contributed by atoms with Crippen LogP contribution >= 0.6 is 0 Å². The third-order valence-corrected chi connectivity index (χ3v) is 7.00. The second kappa shape index (κ2) is 9.17. The van der Waals surface area contributed by atoms with Crippen LogP contribution in [0.2, 0.25) is 0 Å². The molecular formula is C19H29N5O4S. The topological polar surface area (TPSA) is 107 Å². The number of esters is 1. The van der Waals surface area contributed by atoms with E-state index in [4.69, 9.17) is 4.74 Å². The lowest BCUT2D eigenvalue weighted by molar-refractivity contribution is -0.148. The van der Waals surface area contributed by atoms with Crippen molar-refractivity contribution in [3.05, 3.63) is 23.3 Å². The number of carbonyl (C=O) groups excluding carboxylic acids is 1. The van der Waals surface area contributed by atoms with Crippen LogP contribution in [0.15, 0.2) is 6.07 Å². The van der Waals surface area contributed by atoms with Crippen molar-refractivity contribution in [2.45, 2.75) is 65.3 Å². The van der Waals surface area contributed by atoms with E-state index in [9.17, 15) is 13.2 Å². The summed E-state index contributed by atoms with van der Waals surface area (Å²) in [6.07, 6.45) is 3.84. The van der Waals surface area contributed by atoms with Crippen LogP contribution in [0.4, 0.5) is 0 Å². The minimum absolute atomic E-state index is 0.107. The van der Waals surface area contributed by atoms with Gasteiger partial charge in [0.25, 0.3) is 5.78 Å². The zero-order valence-corrected chi connectivity index (χ0v) is 18.1. The van der Waals surface area contributed by atoms with Crippen molar-refractivity contribution in [2.24, 2.45) is 0 Å². The molecule has 9 nitrogen and oxygen atoms in total. The van der Waals surface area contributed by atoms with E-state index in [0.29, 0.717) is 43.8 Å². The molecule has 1 aliphatic rings. The van der Waals surface area contributed by atoms with E-state index in [1.54, 1.807) is 4.52 Å². The van der Waals surface area contributed by atoms with Gasteiger partial charge in [-0.15, -0.1) is 5.10 Å². The highest BCUT2D eigenvalue weighted by Gasteiger charge is 2.38. The molecule has 10 heteroatoms. The Kier molecular flexibility index (Phi) is 6.84. The van der Waals surface area contributed by atoms with Crippen molar-refractivity contribution in [3.8, 4) is 0 Å². The molecule has 0 radical (unpaired) electrons. The number of sulfonamides is 1. The maximum Gasteiger partial charge on any atom is 0.324 e. The van der Waals surface area contributed by atoms with E-state index in [-0.39, 0.29) is 12.4 Å². The van der Waals surface area contributed by atoms with E-state index in [2.05, 4.69) is 15.1 Å². The van der Waals surface area contributed by atoms with Crippen molar-refractivity contribution >= 4 is 21.8 Å². The predicted molar refractivity (Wildman–Crippen MR) is 108 cm³/mol. The second-order valence-electron chi connectivity index (χ2n) is 7.49. The van der Waals surface area contributed by atoms with Gasteiger partial charge in [0.05, 0.1) is 12.4 Å². The number of carbonyl (C=O) groups is 1. The lowest BCUT2D eigenvalue weighted by atomic mass is 10.1. The lowest BCUT2D eigenvalue weighted by Gasteiger charge is -2.24. The summed E-state index contributed by atoms with van der Waals surface area (Å²) in [6, 6.07) is 1.22. The molecule has 0 N–H and O–H groups in total. The van der Waals surface area contributed by atoms with E-state index in [1.807, 2.05) is 26.8 Å². The molecule has 0 aromatic carbocycles. The van der Waals surface area contributed by atoms with Crippen LogP contribution in [0.5, 0.6) is 0 Å². The van der Waals surface area contributed by atoms with Gasteiger partial charge >= 0.3 is 5.97 Å². The molecule has 29 heavy (non-hydrogen) atoms. The lowest BCUT2D eigenvalue weighted by Crippen LogP contribution is -2.43. The van der Waals surface area contributed by atoms with Crippen molar-refractivity contribution in [3.63, 3.8) is 0 Å². The molecule has 0 spiro atoms. The third-order valence-electron chi connectivity index (χ3n) is 5.04. The molecule has 0 bridgehead atoms. The first-order valence-corrected chi connectivity index (χ1v) is 11.8. The molecule has 2 aromatic heterocycles. The standard InChI is InChI=1S/C19H29N5O4S/c1-4-5-8-16(23-10-7-12-29(23,26)27)18(25)28-11-6-9-17-21-19-20-14(2)13-15(3)24(19)22-17/h13,16H,4-12H2,1-3H3/t16-/m0/s1. The Bertz CT molecular complexity index is 972. The number of unbranched alkanes of at least 4 members (excludes halogenated alkanes) is 1. The molecule has 1 saturated heterocycles. The summed E-state index contributed by atoms with van der Waals surface area (Å²) in [7, 11) is -3.36.